The lowest BCUT2D eigenvalue weighted by atomic mass is 10.1. The highest BCUT2D eigenvalue weighted by Gasteiger charge is 2.32. The second kappa shape index (κ2) is 7.58. The van der Waals surface area contributed by atoms with Crippen LogP contribution in [0.5, 0.6) is 0 Å². The number of aliphatic hydroxyl groups is 1. The van der Waals surface area contributed by atoms with Gasteiger partial charge in [0.25, 0.3) is 5.56 Å². The van der Waals surface area contributed by atoms with Crippen LogP contribution in [0.25, 0.3) is 33.4 Å². The van der Waals surface area contributed by atoms with Gasteiger partial charge in [0.05, 0.1) is 36.3 Å². The molecule has 4 aromatic rings. The molecule has 0 bridgehead atoms. The third-order valence-electron chi connectivity index (χ3n) is 4.84. The summed E-state index contributed by atoms with van der Waals surface area (Å²) in [6.45, 7) is 1.40. The van der Waals surface area contributed by atoms with Crippen molar-refractivity contribution in [3.8, 4) is 22.5 Å². The van der Waals surface area contributed by atoms with Gasteiger partial charge in [-0.3, -0.25) is 19.0 Å². The van der Waals surface area contributed by atoms with Crippen molar-refractivity contribution in [3.63, 3.8) is 0 Å². The number of aliphatic hydroxyl groups excluding tert-OH is 1. The van der Waals surface area contributed by atoms with Gasteiger partial charge in [-0.05, 0) is 25.1 Å². The third-order valence-corrected chi connectivity index (χ3v) is 4.84. The predicted octanol–water partition coefficient (Wildman–Crippen LogP) is 2.83. The van der Waals surface area contributed by atoms with Gasteiger partial charge in [0.2, 0.25) is 0 Å². The molecule has 1 unspecified atom stereocenters. The number of aromatic nitrogens is 6. The summed E-state index contributed by atoms with van der Waals surface area (Å²) in [7, 11) is 1.72. The predicted molar refractivity (Wildman–Crippen MR) is 106 cm³/mol. The maximum absolute atomic E-state index is 13.1. The smallest absolute Gasteiger partial charge is 0.394 e. The molecule has 31 heavy (non-hydrogen) atoms. The highest BCUT2D eigenvalue weighted by Crippen LogP contribution is 2.31. The standard InChI is InChI=1S/C20H17F3N6O2/c1-11(9-30)29-10-25-18-14(19(29)31)5-15(27-17(18)13-7-26-28(2)8-13)12-3-4-16(24-6-12)20(21,22)23/h3-8,10-11,30H,9H2,1-2H3. The molecule has 0 aliphatic carbocycles. The first kappa shape index (κ1) is 20.7. The van der Waals surface area contributed by atoms with Gasteiger partial charge < -0.3 is 5.11 Å². The van der Waals surface area contributed by atoms with Crippen LogP contribution >= 0.6 is 0 Å². The van der Waals surface area contributed by atoms with Crippen LogP contribution in [0.4, 0.5) is 13.2 Å². The van der Waals surface area contributed by atoms with Crippen LogP contribution in [0.15, 0.2) is 47.9 Å². The Hall–Kier alpha value is -3.60. The Balaban J connectivity index is 1.97. The molecule has 0 aromatic carbocycles. The molecule has 4 heterocycles. The van der Waals surface area contributed by atoms with Crippen molar-refractivity contribution in [1.29, 1.82) is 0 Å². The molecule has 11 heteroatoms. The van der Waals surface area contributed by atoms with Crippen molar-refractivity contribution in [1.82, 2.24) is 29.3 Å². The molecular formula is C20H17F3N6O2. The van der Waals surface area contributed by atoms with E-state index in [1.54, 1.807) is 31.0 Å². The highest BCUT2D eigenvalue weighted by molar-refractivity contribution is 5.93. The van der Waals surface area contributed by atoms with Crippen molar-refractivity contribution >= 4 is 10.9 Å². The summed E-state index contributed by atoms with van der Waals surface area (Å²) in [5.74, 6) is 0. The molecule has 0 saturated carbocycles. The van der Waals surface area contributed by atoms with Crippen LogP contribution in [-0.2, 0) is 13.2 Å². The fourth-order valence-electron chi connectivity index (χ4n) is 3.15. The van der Waals surface area contributed by atoms with Crippen LogP contribution in [0, 0.1) is 0 Å². The maximum atomic E-state index is 13.1. The lowest BCUT2D eigenvalue weighted by molar-refractivity contribution is -0.141. The van der Waals surface area contributed by atoms with E-state index in [1.165, 1.54) is 23.0 Å². The van der Waals surface area contributed by atoms with E-state index in [-0.39, 0.29) is 17.7 Å². The highest BCUT2D eigenvalue weighted by atomic mass is 19.4. The minimum Gasteiger partial charge on any atom is -0.394 e. The van der Waals surface area contributed by atoms with Gasteiger partial charge in [0.15, 0.2) is 0 Å². The Labute approximate surface area is 173 Å². The number of nitrogens with zero attached hydrogens (tertiary/aromatic N) is 6. The Morgan fingerprint density at radius 3 is 2.52 bits per heavy atom. The zero-order chi connectivity index (χ0) is 22.3. The molecule has 0 saturated heterocycles. The summed E-state index contributed by atoms with van der Waals surface area (Å²) in [6.07, 6.45) is 1.09. The molecular weight excluding hydrogens is 413 g/mol. The van der Waals surface area contributed by atoms with E-state index >= 15 is 0 Å². The largest absolute Gasteiger partial charge is 0.433 e. The van der Waals surface area contributed by atoms with Gasteiger partial charge in [0.1, 0.15) is 16.9 Å². The molecule has 4 rings (SSSR count). The zero-order valence-electron chi connectivity index (χ0n) is 16.5. The minimum atomic E-state index is -4.56. The van der Waals surface area contributed by atoms with Crippen LogP contribution in [0.2, 0.25) is 0 Å². The molecule has 1 atom stereocenters. The lowest BCUT2D eigenvalue weighted by Crippen LogP contribution is -2.25. The van der Waals surface area contributed by atoms with Gasteiger partial charge >= 0.3 is 6.18 Å². The van der Waals surface area contributed by atoms with E-state index in [9.17, 15) is 23.1 Å². The van der Waals surface area contributed by atoms with Crippen molar-refractivity contribution in [3.05, 3.63) is 59.2 Å². The summed E-state index contributed by atoms with van der Waals surface area (Å²) in [5, 5.41) is 13.8. The van der Waals surface area contributed by atoms with Crippen LogP contribution < -0.4 is 5.56 Å². The minimum absolute atomic E-state index is 0.214. The summed E-state index contributed by atoms with van der Waals surface area (Å²) in [6, 6.07) is 3.08. The number of pyridine rings is 2. The van der Waals surface area contributed by atoms with E-state index in [0.717, 1.165) is 12.3 Å². The number of aryl methyl sites for hydroxylation is 1. The van der Waals surface area contributed by atoms with E-state index in [1.807, 2.05) is 0 Å². The average molecular weight is 430 g/mol. The topological polar surface area (TPSA) is 98.7 Å². The molecule has 0 spiro atoms. The van der Waals surface area contributed by atoms with Gasteiger partial charge in [-0.25, -0.2) is 9.97 Å². The first-order chi connectivity index (χ1) is 14.7. The van der Waals surface area contributed by atoms with E-state index in [2.05, 4.69) is 20.1 Å². The normalized spacial score (nSPS) is 13.0. The van der Waals surface area contributed by atoms with E-state index in [4.69, 9.17) is 0 Å². The first-order valence-electron chi connectivity index (χ1n) is 9.24. The summed E-state index contributed by atoms with van der Waals surface area (Å²) < 4.78 is 41.4. The van der Waals surface area contributed by atoms with E-state index < -0.39 is 23.5 Å². The van der Waals surface area contributed by atoms with E-state index in [0.29, 0.717) is 22.3 Å². The second-order valence-electron chi connectivity index (χ2n) is 7.07. The second-order valence-corrected chi connectivity index (χ2v) is 7.07. The molecule has 1 N–H and O–H groups in total. The van der Waals surface area contributed by atoms with Crippen LogP contribution in [0.3, 0.4) is 0 Å². The van der Waals surface area contributed by atoms with Gasteiger partial charge in [0, 0.05) is 30.6 Å². The van der Waals surface area contributed by atoms with Crippen molar-refractivity contribution < 1.29 is 18.3 Å². The van der Waals surface area contributed by atoms with Crippen molar-refractivity contribution in [2.75, 3.05) is 6.61 Å². The van der Waals surface area contributed by atoms with Crippen molar-refractivity contribution in [2.24, 2.45) is 7.05 Å². The van der Waals surface area contributed by atoms with Crippen molar-refractivity contribution in [2.45, 2.75) is 19.1 Å². The quantitative estimate of drug-likeness (QED) is 0.535. The van der Waals surface area contributed by atoms with Gasteiger partial charge in [-0.1, -0.05) is 0 Å². The number of alkyl halides is 3. The number of halogens is 3. The summed E-state index contributed by atoms with van der Waals surface area (Å²) >= 11 is 0. The fourth-order valence-corrected chi connectivity index (χ4v) is 3.15. The zero-order valence-corrected chi connectivity index (χ0v) is 16.5. The summed E-state index contributed by atoms with van der Waals surface area (Å²) in [4.78, 5) is 25.5. The van der Waals surface area contributed by atoms with Gasteiger partial charge in [-0.2, -0.15) is 18.3 Å². The molecule has 4 aromatic heterocycles. The molecule has 8 nitrogen and oxygen atoms in total. The molecule has 0 aliphatic heterocycles. The first-order valence-corrected chi connectivity index (χ1v) is 9.24. The summed E-state index contributed by atoms with van der Waals surface area (Å²) in [5.41, 5.74) is 0.426. The van der Waals surface area contributed by atoms with Gasteiger partial charge in [-0.15, -0.1) is 0 Å². The SMILES string of the molecule is CC(CO)n1cnc2c(-c3cnn(C)c3)nc(-c3ccc(C(F)(F)F)nc3)cc2c1=O. The molecule has 0 amide bonds. The fraction of sp³-hybridized carbons (Fsp3) is 0.250. The lowest BCUT2D eigenvalue weighted by Gasteiger charge is -2.14. The number of rotatable bonds is 4. The number of fused-ring (bicyclic) bond motifs is 1. The van der Waals surface area contributed by atoms with Crippen LogP contribution in [0.1, 0.15) is 18.7 Å². The number of hydrogen-bond donors (Lipinski definition) is 1. The molecule has 0 fully saturated rings. The molecule has 0 aliphatic rings. The third kappa shape index (κ3) is 3.79. The number of hydrogen-bond acceptors (Lipinski definition) is 6. The average Bonchev–Trinajstić information content (AvgIpc) is 3.18. The van der Waals surface area contributed by atoms with Crippen LogP contribution in [-0.4, -0.2) is 41.0 Å². The molecule has 0 radical (unpaired) electrons. The monoisotopic (exact) mass is 430 g/mol. The Morgan fingerprint density at radius 2 is 1.94 bits per heavy atom. The Bertz CT molecular complexity index is 1310. The maximum Gasteiger partial charge on any atom is 0.433 e. The Kier molecular flexibility index (Phi) is 5.05. The molecule has 160 valence electrons. The Morgan fingerprint density at radius 1 is 1.16 bits per heavy atom.